The first-order valence-corrected chi connectivity index (χ1v) is 10.3. The van der Waals surface area contributed by atoms with Gasteiger partial charge in [-0.3, -0.25) is 9.59 Å². The fraction of sp³-hybridized carbons (Fsp3) is 0.591. The number of carboxylic acids is 1. The van der Waals surface area contributed by atoms with Gasteiger partial charge in [0.05, 0.1) is 11.0 Å². The van der Waals surface area contributed by atoms with Gasteiger partial charge in [0, 0.05) is 26.1 Å². The predicted molar refractivity (Wildman–Crippen MR) is 106 cm³/mol. The van der Waals surface area contributed by atoms with Crippen molar-refractivity contribution in [1.29, 1.82) is 0 Å². The minimum absolute atomic E-state index is 0.0165. The summed E-state index contributed by atoms with van der Waals surface area (Å²) in [6, 6.07) is 7.13. The van der Waals surface area contributed by atoms with Crippen molar-refractivity contribution in [2.45, 2.75) is 64.3 Å². The lowest BCUT2D eigenvalue weighted by molar-refractivity contribution is -0.140. The summed E-state index contributed by atoms with van der Waals surface area (Å²) in [5, 5.41) is 12.8. The average Bonchev–Trinajstić information content (AvgIpc) is 2.69. The number of nitrogens with zero attached hydrogens (tertiary/aromatic N) is 1. The Morgan fingerprint density at radius 3 is 2.36 bits per heavy atom. The highest BCUT2D eigenvalue weighted by Crippen LogP contribution is 2.37. The fourth-order valence-electron chi connectivity index (χ4n) is 4.57. The van der Waals surface area contributed by atoms with Gasteiger partial charge >= 0.3 is 5.97 Å². The van der Waals surface area contributed by atoms with Crippen LogP contribution in [0.4, 0.5) is 0 Å². The quantitative estimate of drug-likeness (QED) is 0.814. The van der Waals surface area contributed by atoms with Crippen LogP contribution >= 0.6 is 0 Å². The third-order valence-electron chi connectivity index (χ3n) is 6.36. The van der Waals surface area contributed by atoms with Crippen LogP contribution in [-0.2, 0) is 16.0 Å². The number of hydrogen-bond donors (Lipinski definition) is 2. The number of carboxylic acid groups (broad SMARTS) is 1. The van der Waals surface area contributed by atoms with E-state index < -0.39 is 11.4 Å². The normalized spacial score (nSPS) is 19.8. The van der Waals surface area contributed by atoms with E-state index in [1.807, 2.05) is 6.07 Å². The summed E-state index contributed by atoms with van der Waals surface area (Å²) < 4.78 is 0. The molecule has 0 aromatic heterocycles. The number of carbonyl (C=O) groups is 3. The molecule has 28 heavy (non-hydrogen) atoms. The van der Waals surface area contributed by atoms with E-state index in [1.165, 1.54) is 6.42 Å². The van der Waals surface area contributed by atoms with Crippen LogP contribution in [0.5, 0.6) is 0 Å². The molecule has 0 atom stereocenters. The van der Waals surface area contributed by atoms with Crippen molar-refractivity contribution in [2.75, 3.05) is 13.1 Å². The molecule has 1 aliphatic heterocycles. The van der Waals surface area contributed by atoms with Crippen molar-refractivity contribution >= 4 is 17.8 Å². The molecule has 1 heterocycles. The Morgan fingerprint density at radius 2 is 1.75 bits per heavy atom. The van der Waals surface area contributed by atoms with Gasteiger partial charge in [-0.1, -0.05) is 37.5 Å². The summed E-state index contributed by atoms with van der Waals surface area (Å²) in [6.45, 7) is 2.61. The minimum atomic E-state index is -0.973. The first kappa shape index (κ1) is 20.4. The zero-order valence-corrected chi connectivity index (χ0v) is 16.6. The van der Waals surface area contributed by atoms with Gasteiger partial charge in [-0.05, 0) is 43.7 Å². The molecule has 2 aliphatic rings. The number of hydrogen-bond acceptors (Lipinski definition) is 3. The minimum Gasteiger partial charge on any atom is -0.478 e. The van der Waals surface area contributed by atoms with Gasteiger partial charge in [-0.25, -0.2) is 4.79 Å². The lowest BCUT2D eigenvalue weighted by Gasteiger charge is -2.41. The number of benzene rings is 1. The molecule has 0 bridgehead atoms. The van der Waals surface area contributed by atoms with Crippen LogP contribution in [0.1, 0.15) is 67.8 Å². The number of aromatic carboxylic acids is 1. The maximum atomic E-state index is 13.4. The first-order valence-electron chi connectivity index (χ1n) is 10.3. The van der Waals surface area contributed by atoms with Gasteiger partial charge in [-0.15, -0.1) is 0 Å². The van der Waals surface area contributed by atoms with Crippen LogP contribution in [0.25, 0.3) is 0 Å². The second kappa shape index (κ2) is 8.76. The van der Waals surface area contributed by atoms with Gasteiger partial charge in [0.15, 0.2) is 0 Å². The van der Waals surface area contributed by atoms with Gasteiger partial charge in [0.2, 0.25) is 11.8 Å². The molecule has 152 valence electrons. The van der Waals surface area contributed by atoms with Crippen LogP contribution in [-0.4, -0.2) is 46.9 Å². The van der Waals surface area contributed by atoms with E-state index in [1.54, 1.807) is 30.0 Å². The lowest BCUT2D eigenvalue weighted by Crippen LogP contribution is -2.53. The second-order valence-corrected chi connectivity index (χ2v) is 8.23. The number of amides is 2. The topological polar surface area (TPSA) is 86.7 Å². The number of likely N-dealkylation sites (tertiary alicyclic amines) is 1. The van der Waals surface area contributed by atoms with E-state index in [0.717, 1.165) is 25.7 Å². The molecule has 1 saturated carbocycles. The monoisotopic (exact) mass is 386 g/mol. The molecule has 0 radical (unpaired) electrons. The predicted octanol–water partition coefficient (Wildman–Crippen LogP) is 3.00. The third kappa shape index (κ3) is 4.54. The summed E-state index contributed by atoms with van der Waals surface area (Å²) in [5.41, 5.74) is 0.265. The largest absolute Gasteiger partial charge is 0.478 e. The van der Waals surface area contributed by atoms with Crippen LogP contribution in [0.2, 0.25) is 0 Å². The van der Waals surface area contributed by atoms with Crippen LogP contribution in [0.15, 0.2) is 24.3 Å². The number of nitrogens with one attached hydrogen (secondary N) is 1. The molecule has 3 rings (SSSR count). The summed E-state index contributed by atoms with van der Waals surface area (Å²) >= 11 is 0. The maximum Gasteiger partial charge on any atom is 0.335 e. The Morgan fingerprint density at radius 1 is 1.11 bits per heavy atom. The molecule has 6 nitrogen and oxygen atoms in total. The zero-order valence-electron chi connectivity index (χ0n) is 16.6. The standard InChI is InChI=1S/C22H30N2O4/c1-16(25)24-13-11-22(12-14-24,21(28)23-18-8-3-2-4-9-18)15-17-7-5-6-10-19(17)20(26)27/h5-7,10,18H,2-4,8-9,11-15H2,1H3,(H,23,28)(H,26,27). The smallest absolute Gasteiger partial charge is 0.335 e. The van der Waals surface area contributed by atoms with Gasteiger partial charge in [-0.2, -0.15) is 0 Å². The molecular formula is C22H30N2O4. The Bertz CT molecular complexity index is 732. The fourth-order valence-corrected chi connectivity index (χ4v) is 4.57. The first-order chi connectivity index (χ1) is 13.4. The van der Waals surface area contributed by atoms with E-state index in [2.05, 4.69) is 5.32 Å². The molecule has 1 aromatic rings. The molecule has 6 heteroatoms. The number of carbonyl (C=O) groups excluding carboxylic acids is 2. The highest BCUT2D eigenvalue weighted by Gasteiger charge is 2.43. The third-order valence-corrected chi connectivity index (χ3v) is 6.36. The number of rotatable bonds is 5. The molecule has 2 fully saturated rings. The molecule has 2 amide bonds. The van der Waals surface area contributed by atoms with E-state index in [-0.39, 0.29) is 23.4 Å². The summed E-state index contributed by atoms with van der Waals surface area (Å²) in [6.07, 6.45) is 7.01. The zero-order chi connectivity index (χ0) is 20.1. The Balaban J connectivity index is 1.83. The lowest BCUT2D eigenvalue weighted by atomic mass is 9.72. The van der Waals surface area contributed by atoms with Gasteiger partial charge < -0.3 is 15.3 Å². The molecule has 0 spiro atoms. The van der Waals surface area contributed by atoms with Crippen LogP contribution in [0.3, 0.4) is 0 Å². The van der Waals surface area contributed by atoms with Crippen LogP contribution in [0, 0.1) is 5.41 Å². The van der Waals surface area contributed by atoms with Crippen LogP contribution < -0.4 is 5.32 Å². The SMILES string of the molecule is CC(=O)N1CCC(Cc2ccccc2C(=O)O)(C(=O)NC2CCCCC2)CC1. The van der Waals surface area contributed by atoms with Crippen molar-refractivity contribution in [2.24, 2.45) is 5.41 Å². The van der Waals surface area contributed by atoms with Crippen molar-refractivity contribution in [1.82, 2.24) is 10.2 Å². The van der Waals surface area contributed by atoms with E-state index in [0.29, 0.717) is 37.9 Å². The molecule has 2 N–H and O–H groups in total. The van der Waals surface area contributed by atoms with Crippen molar-refractivity contribution in [3.05, 3.63) is 35.4 Å². The molecular weight excluding hydrogens is 356 g/mol. The molecule has 0 unspecified atom stereocenters. The summed E-state index contributed by atoms with van der Waals surface area (Å²) in [5.74, 6) is -0.936. The average molecular weight is 386 g/mol. The Labute approximate surface area is 166 Å². The van der Waals surface area contributed by atoms with Crippen molar-refractivity contribution in [3.8, 4) is 0 Å². The van der Waals surface area contributed by atoms with E-state index in [9.17, 15) is 19.5 Å². The van der Waals surface area contributed by atoms with E-state index in [4.69, 9.17) is 0 Å². The highest BCUT2D eigenvalue weighted by atomic mass is 16.4. The summed E-state index contributed by atoms with van der Waals surface area (Å²) in [7, 11) is 0. The Hall–Kier alpha value is -2.37. The molecule has 1 aromatic carbocycles. The van der Waals surface area contributed by atoms with Crippen molar-refractivity contribution in [3.63, 3.8) is 0 Å². The summed E-state index contributed by atoms with van der Waals surface area (Å²) in [4.78, 5) is 38.5. The Kier molecular flexibility index (Phi) is 6.37. The maximum absolute atomic E-state index is 13.4. The van der Waals surface area contributed by atoms with Crippen molar-refractivity contribution < 1.29 is 19.5 Å². The molecule has 1 saturated heterocycles. The van der Waals surface area contributed by atoms with Gasteiger partial charge in [0.25, 0.3) is 0 Å². The van der Waals surface area contributed by atoms with Gasteiger partial charge in [0.1, 0.15) is 0 Å². The second-order valence-electron chi connectivity index (χ2n) is 8.23. The van der Waals surface area contributed by atoms with E-state index >= 15 is 0 Å². The number of piperidine rings is 1. The molecule has 1 aliphatic carbocycles. The highest BCUT2D eigenvalue weighted by molar-refractivity contribution is 5.90.